The van der Waals surface area contributed by atoms with E-state index in [4.69, 9.17) is 18.8 Å². The molecule has 0 aliphatic carbocycles. The Morgan fingerprint density at radius 1 is 0.349 bits per heavy atom. The van der Waals surface area contributed by atoms with Crippen molar-refractivity contribution >= 4 is 65.8 Å². The van der Waals surface area contributed by atoms with Gasteiger partial charge in [-0.15, -0.1) is 0 Å². The molecule has 0 N–H and O–H groups in total. The standard InChI is InChI=1S/C58H35N3O2/c1-5-18-36(19-6-1)41-28-17-29-42-43-32-33-49-51(56(43)63-55(41)42)44-26-13-15-30-48(44)61(49)54-46(37-20-7-2-8-21-37)34-40(35-47(54)38-22-9-3-10-23-38)52-57-53(45-27-14-16-31-50(45)62-57)60-58(59-52)39-24-11-4-12-25-39/h1-35H. The number of benzene rings is 9. The van der Waals surface area contributed by atoms with E-state index in [1.165, 1.54) is 0 Å². The van der Waals surface area contributed by atoms with Crippen LogP contribution in [-0.2, 0) is 0 Å². The molecule has 4 heterocycles. The van der Waals surface area contributed by atoms with Crippen LogP contribution in [0.1, 0.15) is 0 Å². The molecule has 0 aliphatic heterocycles. The third kappa shape index (κ3) is 5.50. The normalized spacial score (nSPS) is 11.8. The highest BCUT2D eigenvalue weighted by molar-refractivity contribution is 6.25. The van der Waals surface area contributed by atoms with Gasteiger partial charge < -0.3 is 13.4 Å². The van der Waals surface area contributed by atoms with E-state index >= 15 is 0 Å². The molecule has 0 aliphatic rings. The second kappa shape index (κ2) is 14.0. The average molecular weight is 806 g/mol. The van der Waals surface area contributed by atoms with Gasteiger partial charge in [-0.25, -0.2) is 9.97 Å². The number of aromatic nitrogens is 3. The van der Waals surface area contributed by atoms with Gasteiger partial charge in [-0.05, 0) is 59.2 Å². The number of furan rings is 2. The molecule has 5 heteroatoms. The van der Waals surface area contributed by atoms with Crippen LogP contribution < -0.4 is 0 Å². The Morgan fingerprint density at radius 3 is 1.59 bits per heavy atom. The fraction of sp³-hybridized carbons (Fsp3) is 0. The molecular formula is C58H35N3O2. The second-order valence-electron chi connectivity index (χ2n) is 16.0. The molecule has 0 unspecified atom stereocenters. The summed E-state index contributed by atoms with van der Waals surface area (Å²) in [5.41, 5.74) is 16.2. The maximum Gasteiger partial charge on any atom is 0.180 e. The zero-order chi connectivity index (χ0) is 41.4. The SMILES string of the molecule is c1ccc(-c2nc(-c3cc(-c4ccccc4)c(-n4c5ccccc5c5c6oc7c(-c8ccccc8)cccc7c6ccc54)c(-c4ccccc4)c3)c3oc4ccccc4c3n2)cc1. The highest BCUT2D eigenvalue weighted by Gasteiger charge is 2.26. The van der Waals surface area contributed by atoms with Crippen molar-refractivity contribution in [1.29, 1.82) is 0 Å². The summed E-state index contributed by atoms with van der Waals surface area (Å²) in [5, 5.41) is 5.34. The molecule has 63 heavy (non-hydrogen) atoms. The molecule has 9 aromatic carbocycles. The molecular weight excluding hydrogens is 771 g/mol. The summed E-state index contributed by atoms with van der Waals surface area (Å²) in [6.45, 7) is 0. The minimum absolute atomic E-state index is 0.643. The molecule has 294 valence electrons. The Hall–Kier alpha value is -8.54. The zero-order valence-corrected chi connectivity index (χ0v) is 33.9. The van der Waals surface area contributed by atoms with Gasteiger partial charge in [0.15, 0.2) is 11.4 Å². The summed E-state index contributed by atoms with van der Waals surface area (Å²) in [6, 6.07) is 74.4. The molecule has 0 atom stereocenters. The summed E-state index contributed by atoms with van der Waals surface area (Å²) in [4.78, 5) is 10.5. The molecule has 13 rings (SSSR count). The molecule has 5 nitrogen and oxygen atoms in total. The lowest BCUT2D eigenvalue weighted by Crippen LogP contribution is -2.02. The van der Waals surface area contributed by atoms with Crippen LogP contribution in [0, 0.1) is 0 Å². The first-order valence-electron chi connectivity index (χ1n) is 21.2. The van der Waals surface area contributed by atoms with Gasteiger partial charge >= 0.3 is 0 Å². The summed E-state index contributed by atoms with van der Waals surface area (Å²) in [6.07, 6.45) is 0. The number of hydrogen-bond donors (Lipinski definition) is 0. The van der Waals surface area contributed by atoms with E-state index in [-0.39, 0.29) is 0 Å². The molecule has 0 saturated heterocycles. The fourth-order valence-corrected chi connectivity index (χ4v) is 9.58. The van der Waals surface area contributed by atoms with E-state index in [9.17, 15) is 0 Å². The van der Waals surface area contributed by atoms with Crippen LogP contribution in [0.4, 0.5) is 0 Å². The van der Waals surface area contributed by atoms with E-state index in [0.717, 1.165) is 116 Å². The summed E-state index contributed by atoms with van der Waals surface area (Å²) >= 11 is 0. The van der Waals surface area contributed by atoms with Gasteiger partial charge in [0.1, 0.15) is 28.0 Å². The van der Waals surface area contributed by atoms with Gasteiger partial charge in [0.25, 0.3) is 0 Å². The first-order chi connectivity index (χ1) is 31.3. The lowest BCUT2D eigenvalue weighted by molar-refractivity contribution is 0.667. The van der Waals surface area contributed by atoms with Gasteiger partial charge in [-0.2, -0.15) is 0 Å². The first-order valence-corrected chi connectivity index (χ1v) is 21.2. The van der Waals surface area contributed by atoms with Crippen LogP contribution in [-0.4, -0.2) is 14.5 Å². The molecule has 0 fully saturated rings. The average Bonchev–Trinajstić information content (AvgIpc) is 4.04. The Balaban J connectivity index is 1.16. The van der Waals surface area contributed by atoms with Crippen molar-refractivity contribution in [1.82, 2.24) is 14.5 Å². The van der Waals surface area contributed by atoms with Gasteiger partial charge in [0.2, 0.25) is 0 Å². The predicted octanol–water partition coefficient (Wildman–Crippen LogP) is 15.7. The maximum absolute atomic E-state index is 7.09. The van der Waals surface area contributed by atoms with Crippen molar-refractivity contribution in [3.05, 3.63) is 212 Å². The zero-order valence-electron chi connectivity index (χ0n) is 33.9. The van der Waals surface area contributed by atoms with Crippen molar-refractivity contribution < 1.29 is 8.83 Å². The third-order valence-electron chi connectivity index (χ3n) is 12.4. The third-order valence-corrected chi connectivity index (χ3v) is 12.4. The van der Waals surface area contributed by atoms with Crippen LogP contribution in [0.25, 0.3) is 128 Å². The number of nitrogens with zero attached hydrogens (tertiary/aromatic N) is 3. The van der Waals surface area contributed by atoms with Crippen molar-refractivity contribution in [3.8, 4) is 61.7 Å². The van der Waals surface area contributed by atoms with E-state index in [1.807, 2.05) is 36.4 Å². The number of fused-ring (bicyclic) bond motifs is 10. The van der Waals surface area contributed by atoms with E-state index in [2.05, 4.69) is 180 Å². The minimum atomic E-state index is 0.643. The number of hydrogen-bond acceptors (Lipinski definition) is 4. The summed E-state index contributed by atoms with van der Waals surface area (Å²) in [7, 11) is 0. The van der Waals surface area contributed by atoms with Crippen LogP contribution in [0.2, 0.25) is 0 Å². The van der Waals surface area contributed by atoms with Gasteiger partial charge in [0.05, 0.1) is 22.1 Å². The quantitative estimate of drug-likeness (QED) is 0.168. The van der Waals surface area contributed by atoms with Crippen LogP contribution in [0.3, 0.4) is 0 Å². The van der Waals surface area contributed by atoms with Crippen molar-refractivity contribution in [3.63, 3.8) is 0 Å². The smallest absolute Gasteiger partial charge is 0.180 e. The Kier molecular flexibility index (Phi) is 7.84. The highest BCUT2D eigenvalue weighted by Crippen LogP contribution is 2.48. The molecule has 13 aromatic rings. The molecule has 0 spiro atoms. The van der Waals surface area contributed by atoms with E-state index in [0.29, 0.717) is 11.4 Å². The molecule has 0 radical (unpaired) electrons. The second-order valence-corrected chi connectivity index (χ2v) is 16.0. The summed E-state index contributed by atoms with van der Waals surface area (Å²) < 4.78 is 16.2. The predicted molar refractivity (Wildman–Crippen MR) is 258 cm³/mol. The number of rotatable bonds is 6. The van der Waals surface area contributed by atoms with Crippen molar-refractivity contribution in [2.24, 2.45) is 0 Å². The monoisotopic (exact) mass is 805 g/mol. The van der Waals surface area contributed by atoms with E-state index in [1.54, 1.807) is 0 Å². The Bertz CT molecular complexity index is 3830. The van der Waals surface area contributed by atoms with Gasteiger partial charge in [-0.3, -0.25) is 0 Å². The van der Waals surface area contributed by atoms with Gasteiger partial charge in [-0.1, -0.05) is 170 Å². The molecule has 4 aromatic heterocycles. The topological polar surface area (TPSA) is 57.0 Å². The first kappa shape index (κ1) is 35.2. The maximum atomic E-state index is 7.09. The van der Waals surface area contributed by atoms with Crippen LogP contribution in [0.5, 0.6) is 0 Å². The fourth-order valence-electron chi connectivity index (χ4n) is 9.58. The largest absolute Gasteiger partial charge is 0.455 e. The van der Waals surface area contributed by atoms with E-state index < -0.39 is 0 Å². The van der Waals surface area contributed by atoms with Crippen molar-refractivity contribution in [2.75, 3.05) is 0 Å². The molecule has 0 saturated carbocycles. The minimum Gasteiger partial charge on any atom is -0.455 e. The Labute approximate surface area is 361 Å². The summed E-state index contributed by atoms with van der Waals surface area (Å²) in [5.74, 6) is 0.643. The highest BCUT2D eigenvalue weighted by atomic mass is 16.3. The van der Waals surface area contributed by atoms with Crippen LogP contribution >= 0.6 is 0 Å². The molecule has 0 amide bonds. The number of para-hydroxylation sites is 3. The van der Waals surface area contributed by atoms with Crippen LogP contribution in [0.15, 0.2) is 221 Å². The lowest BCUT2D eigenvalue weighted by Gasteiger charge is -2.21. The Morgan fingerprint density at radius 2 is 0.905 bits per heavy atom. The molecule has 0 bridgehead atoms. The van der Waals surface area contributed by atoms with Gasteiger partial charge in [0, 0.05) is 49.4 Å². The van der Waals surface area contributed by atoms with Crippen molar-refractivity contribution in [2.45, 2.75) is 0 Å². The lowest BCUT2D eigenvalue weighted by atomic mass is 9.91.